The molecule has 1 amide bonds. The van der Waals surface area contributed by atoms with Crippen molar-refractivity contribution in [3.05, 3.63) is 23.8 Å². The van der Waals surface area contributed by atoms with E-state index in [1.165, 1.54) is 16.7 Å². The molecule has 0 aliphatic rings. The number of carbonyl (C=O) groups excluding carboxylic acids is 2. The molecule has 0 fully saturated rings. The molecule has 0 saturated heterocycles. The van der Waals surface area contributed by atoms with Crippen molar-refractivity contribution in [1.82, 2.24) is 4.90 Å². The first kappa shape index (κ1) is 15.4. The number of thioether (sulfide) groups is 1. The van der Waals surface area contributed by atoms with Gasteiger partial charge in [0.1, 0.15) is 0 Å². The van der Waals surface area contributed by atoms with Crippen molar-refractivity contribution in [2.24, 2.45) is 0 Å². The quantitative estimate of drug-likeness (QED) is 0.505. The van der Waals surface area contributed by atoms with E-state index in [-0.39, 0.29) is 17.6 Å². The zero-order chi connectivity index (χ0) is 14.4. The summed E-state index contributed by atoms with van der Waals surface area (Å²) in [5.74, 6) is -0.269. The predicted octanol–water partition coefficient (Wildman–Crippen LogP) is 1.63. The second-order valence-electron chi connectivity index (χ2n) is 4.05. The van der Waals surface area contributed by atoms with Gasteiger partial charge in [-0.1, -0.05) is 0 Å². The highest BCUT2D eigenvalue weighted by Crippen LogP contribution is 2.26. The first-order valence-electron chi connectivity index (χ1n) is 5.85. The van der Waals surface area contributed by atoms with Gasteiger partial charge in [-0.25, -0.2) is 0 Å². The highest BCUT2D eigenvalue weighted by molar-refractivity contribution is 8.00. The zero-order valence-corrected chi connectivity index (χ0v) is 12.1. The van der Waals surface area contributed by atoms with Crippen LogP contribution < -0.4 is 5.73 Å². The smallest absolute Gasteiger partial charge is 0.316 e. The average molecular weight is 282 g/mol. The molecule has 0 atom stereocenters. The Morgan fingerprint density at radius 2 is 2.05 bits per heavy atom. The first-order chi connectivity index (χ1) is 8.95. The predicted molar refractivity (Wildman–Crippen MR) is 76.2 cm³/mol. The lowest BCUT2D eigenvalue weighted by Crippen LogP contribution is -2.22. The number of nitrogens with zero attached hydrogens (tertiary/aromatic N) is 1. The van der Waals surface area contributed by atoms with Gasteiger partial charge in [-0.2, -0.15) is 0 Å². The molecular weight excluding hydrogens is 264 g/mol. The summed E-state index contributed by atoms with van der Waals surface area (Å²) in [6, 6.07) is 5.04. The summed E-state index contributed by atoms with van der Waals surface area (Å²) in [5, 5.41) is 0. The number of nitrogens with two attached hydrogens (primary N) is 1. The molecule has 0 spiro atoms. The van der Waals surface area contributed by atoms with E-state index >= 15 is 0 Å². The molecule has 19 heavy (non-hydrogen) atoms. The Kier molecular flexibility index (Phi) is 5.69. The molecule has 104 valence electrons. The first-order valence-corrected chi connectivity index (χ1v) is 6.83. The van der Waals surface area contributed by atoms with Crippen LogP contribution in [-0.4, -0.2) is 43.2 Å². The van der Waals surface area contributed by atoms with E-state index in [1.807, 2.05) is 0 Å². The summed E-state index contributed by atoms with van der Waals surface area (Å²) in [6.07, 6.45) is 0. The molecule has 0 radical (unpaired) electrons. The molecule has 6 heteroatoms. The molecule has 2 N–H and O–H groups in total. The Bertz CT molecular complexity index is 475. The molecule has 0 aromatic heterocycles. The van der Waals surface area contributed by atoms with Crippen LogP contribution in [0.3, 0.4) is 0 Å². The molecule has 1 rings (SSSR count). The van der Waals surface area contributed by atoms with Crippen LogP contribution in [0.4, 0.5) is 5.69 Å². The van der Waals surface area contributed by atoms with Gasteiger partial charge in [0.05, 0.1) is 17.9 Å². The van der Waals surface area contributed by atoms with Crippen LogP contribution in [0.15, 0.2) is 23.1 Å². The van der Waals surface area contributed by atoms with Crippen LogP contribution in [0, 0.1) is 0 Å². The average Bonchev–Trinajstić information content (AvgIpc) is 2.36. The van der Waals surface area contributed by atoms with Gasteiger partial charge in [-0.3, -0.25) is 9.59 Å². The van der Waals surface area contributed by atoms with Crippen molar-refractivity contribution in [3.63, 3.8) is 0 Å². The molecule has 0 unspecified atom stereocenters. The monoisotopic (exact) mass is 282 g/mol. The van der Waals surface area contributed by atoms with Crippen molar-refractivity contribution in [3.8, 4) is 0 Å². The number of nitrogen functional groups attached to an aromatic ring is 1. The number of carbonyl (C=O) groups is 2. The summed E-state index contributed by atoms with van der Waals surface area (Å²) in [4.78, 5) is 25.5. The third-order valence-corrected chi connectivity index (χ3v) is 3.32. The zero-order valence-electron chi connectivity index (χ0n) is 11.3. The second-order valence-corrected chi connectivity index (χ2v) is 5.07. The van der Waals surface area contributed by atoms with Crippen molar-refractivity contribution < 1.29 is 14.3 Å². The van der Waals surface area contributed by atoms with Crippen LogP contribution in [0.1, 0.15) is 17.3 Å². The molecule has 1 aromatic rings. The number of hydrogen-bond donors (Lipinski definition) is 1. The van der Waals surface area contributed by atoms with Crippen molar-refractivity contribution in [2.75, 3.05) is 32.2 Å². The summed E-state index contributed by atoms with van der Waals surface area (Å²) >= 11 is 1.25. The van der Waals surface area contributed by atoms with E-state index in [0.29, 0.717) is 22.8 Å². The fourth-order valence-corrected chi connectivity index (χ4v) is 2.30. The number of ether oxygens (including phenoxy) is 1. The largest absolute Gasteiger partial charge is 0.465 e. The van der Waals surface area contributed by atoms with Crippen molar-refractivity contribution in [1.29, 1.82) is 0 Å². The Morgan fingerprint density at radius 3 is 2.63 bits per heavy atom. The van der Waals surface area contributed by atoms with Gasteiger partial charge in [-0.15, -0.1) is 11.8 Å². The van der Waals surface area contributed by atoms with Gasteiger partial charge in [0.25, 0.3) is 5.91 Å². The van der Waals surface area contributed by atoms with Crippen molar-refractivity contribution in [2.45, 2.75) is 11.8 Å². The van der Waals surface area contributed by atoms with E-state index in [4.69, 9.17) is 10.5 Å². The van der Waals surface area contributed by atoms with Crippen LogP contribution in [0.5, 0.6) is 0 Å². The molecule has 0 heterocycles. The highest BCUT2D eigenvalue weighted by Gasteiger charge is 2.15. The Labute approximate surface area is 117 Å². The van der Waals surface area contributed by atoms with Crippen molar-refractivity contribution >= 4 is 29.3 Å². The Hall–Kier alpha value is -1.69. The molecular formula is C13H18N2O3S. The van der Waals surface area contributed by atoms with Gasteiger partial charge in [0, 0.05) is 24.7 Å². The summed E-state index contributed by atoms with van der Waals surface area (Å²) in [6.45, 7) is 2.10. The molecule has 5 nitrogen and oxygen atoms in total. The van der Waals surface area contributed by atoms with Gasteiger partial charge in [0.2, 0.25) is 0 Å². The van der Waals surface area contributed by atoms with Gasteiger partial charge in [-0.05, 0) is 25.1 Å². The minimum atomic E-state index is -0.307. The number of esters is 1. The Balaban J connectivity index is 2.89. The fraction of sp³-hybridized carbons (Fsp3) is 0.385. The van der Waals surface area contributed by atoms with E-state index < -0.39 is 0 Å². The Morgan fingerprint density at radius 1 is 1.37 bits per heavy atom. The van der Waals surface area contributed by atoms with Crippen LogP contribution in [0.25, 0.3) is 0 Å². The van der Waals surface area contributed by atoms with Crippen LogP contribution in [0.2, 0.25) is 0 Å². The maximum Gasteiger partial charge on any atom is 0.316 e. The third-order valence-electron chi connectivity index (χ3n) is 2.29. The molecule has 0 bridgehead atoms. The van der Waals surface area contributed by atoms with Crippen LogP contribution in [-0.2, 0) is 9.53 Å². The minimum absolute atomic E-state index is 0.119. The van der Waals surface area contributed by atoms with E-state index in [9.17, 15) is 9.59 Å². The third kappa shape index (κ3) is 4.48. The number of amides is 1. The highest BCUT2D eigenvalue weighted by atomic mass is 32.2. The second kappa shape index (κ2) is 7.04. The number of benzene rings is 1. The summed E-state index contributed by atoms with van der Waals surface area (Å²) < 4.78 is 4.86. The maximum atomic E-state index is 12.0. The standard InChI is InChI=1S/C13H18N2O3S/c1-4-18-12(16)8-19-11-7-9(14)5-6-10(11)13(17)15(2)3/h5-7H,4,8,14H2,1-3H3. The lowest BCUT2D eigenvalue weighted by Gasteiger charge is -2.14. The SMILES string of the molecule is CCOC(=O)CSc1cc(N)ccc1C(=O)N(C)C. The molecule has 1 aromatic carbocycles. The van der Waals surface area contributed by atoms with Gasteiger partial charge < -0.3 is 15.4 Å². The maximum absolute atomic E-state index is 12.0. The number of anilines is 1. The van der Waals surface area contributed by atoms with Crippen LogP contribution >= 0.6 is 11.8 Å². The minimum Gasteiger partial charge on any atom is -0.465 e. The fourth-order valence-electron chi connectivity index (χ4n) is 1.42. The normalized spacial score (nSPS) is 10.1. The molecule has 0 aliphatic heterocycles. The number of rotatable bonds is 5. The molecule has 0 aliphatic carbocycles. The van der Waals surface area contributed by atoms with E-state index in [1.54, 1.807) is 39.2 Å². The lowest BCUT2D eigenvalue weighted by atomic mass is 10.2. The number of hydrogen-bond acceptors (Lipinski definition) is 5. The molecule has 0 saturated carbocycles. The van der Waals surface area contributed by atoms with Gasteiger partial charge in [0.15, 0.2) is 0 Å². The van der Waals surface area contributed by atoms with E-state index in [0.717, 1.165) is 0 Å². The summed E-state index contributed by atoms with van der Waals surface area (Å²) in [7, 11) is 3.36. The lowest BCUT2D eigenvalue weighted by molar-refractivity contribution is -0.139. The summed E-state index contributed by atoms with van der Waals surface area (Å²) in [5.41, 5.74) is 6.81. The van der Waals surface area contributed by atoms with E-state index in [2.05, 4.69) is 0 Å². The van der Waals surface area contributed by atoms with Gasteiger partial charge >= 0.3 is 5.97 Å². The topological polar surface area (TPSA) is 72.6 Å².